The highest BCUT2D eigenvalue weighted by Crippen LogP contribution is 2.25. The summed E-state index contributed by atoms with van der Waals surface area (Å²) in [5.74, 6) is -0.948. The van der Waals surface area contributed by atoms with Gasteiger partial charge in [0.2, 0.25) is 0 Å². The van der Waals surface area contributed by atoms with Crippen molar-refractivity contribution in [2.45, 2.75) is 28.5 Å². The molecule has 0 saturated carbocycles. The number of aromatic hydroxyl groups is 2. The lowest BCUT2D eigenvalue weighted by atomic mass is 10.2. The number of phenolic OH excluding ortho intramolecular Hbond substituents is 2. The number of benzene rings is 3. The Morgan fingerprint density at radius 1 is 0.550 bits per heavy atom. The molecular weight excluding hydrogens is 586 g/mol. The molecule has 0 spiro atoms. The molecule has 0 aliphatic carbocycles. The van der Waals surface area contributed by atoms with Crippen LogP contribution in [-0.2, 0) is 30.4 Å². The Kier molecular flexibility index (Phi) is 12.9. The van der Waals surface area contributed by atoms with E-state index in [1.54, 1.807) is 36.7 Å². The van der Waals surface area contributed by atoms with Crippen LogP contribution in [0.4, 0.5) is 0 Å². The van der Waals surface area contributed by atoms with Gasteiger partial charge in [-0.2, -0.15) is 25.3 Å². The molecule has 12 nitrogen and oxygen atoms in total. The molecule has 0 aliphatic heterocycles. The molecule has 5 N–H and O–H groups in total. The molecule has 0 radical (unpaired) electrons. The van der Waals surface area contributed by atoms with Crippen LogP contribution >= 0.6 is 0 Å². The van der Waals surface area contributed by atoms with Gasteiger partial charge in [0, 0.05) is 18.5 Å². The number of phenols is 2. The number of pyridine rings is 1. The summed E-state index contributed by atoms with van der Waals surface area (Å²) >= 11 is 0. The Balaban J connectivity index is 0.000000273. The van der Waals surface area contributed by atoms with Gasteiger partial charge in [-0.25, -0.2) is 0 Å². The molecule has 4 aromatic rings. The van der Waals surface area contributed by atoms with Crippen molar-refractivity contribution < 1.29 is 49.1 Å². The van der Waals surface area contributed by atoms with Crippen LogP contribution in [0, 0.1) is 13.8 Å². The van der Waals surface area contributed by atoms with Gasteiger partial charge in [-0.05, 0) is 62.4 Å². The minimum Gasteiger partial charge on any atom is -0.508 e. The molecule has 1 aromatic heterocycles. The number of hydrogen-bond acceptors (Lipinski definition) is 9. The third kappa shape index (κ3) is 13.3. The van der Waals surface area contributed by atoms with Crippen LogP contribution in [0.2, 0.25) is 0 Å². The monoisotopic (exact) mass is 613 g/mol. The van der Waals surface area contributed by atoms with E-state index in [0.717, 1.165) is 29.3 Å². The maximum Gasteiger partial charge on any atom is 0.298 e. The molecule has 0 aliphatic rings. The first-order valence-electron chi connectivity index (χ1n) is 10.8. The van der Waals surface area contributed by atoms with Crippen molar-refractivity contribution in [3.8, 4) is 11.5 Å². The van der Waals surface area contributed by atoms with E-state index >= 15 is 0 Å². The predicted molar refractivity (Wildman–Crippen MR) is 146 cm³/mol. The molecule has 4 rings (SSSR count). The van der Waals surface area contributed by atoms with E-state index in [9.17, 15) is 25.3 Å². The van der Waals surface area contributed by atoms with Crippen LogP contribution in [0.5, 0.6) is 11.5 Å². The molecule has 0 saturated heterocycles. The Hall–Kier alpha value is -3.86. The van der Waals surface area contributed by atoms with Gasteiger partial charge < -0.3 is 10.2 Å². The summed E-state index contributed by atoms with van der Waals surface area (Å²) < 4.78 is 88.6. The quantitative estimate of drug-likeness (QED) is 0.164. The summed E-state index contributed by atoms with van der Waals surface area (Å²) in [6.07, 6.45) is 3.50. The van der Waals surface area contributed by atoms with Gasteiger partial charge in [-0.3, -0.25) is 18.6 Å². The van der Waals surface area contributed by atoms with Crippen LogP contribution in [0.3, 0.4) is 0 Å². The first kappa shape index (κ1) is 34.2. The predicted octanol–water partition coefficient (Wildman–Crippen LogP) is 3.91. The minimum absolute atomic E-state index is 0.0666. The van der Waals surface area contributed by atoms with Crippen LogP contribution in [0.1, 0.15) is 11.1 Å². The Morgan fingerprint density at radius 2 is 0.950 bits per heavy atom. The molecule has 0 atom stereocenters. The van der Waals surface area contributed by atoms with E-state index in [1.165, 1.54) is 24.3 Å². The number of aromatic nitrogens is 1. The van der Waals surface area contributed by atoms with Crippen molar-refractivity contribution in [3.63, 3.8) is 0 Å². The highest BCUT2D eigenvalue weighted by molar-refractivity contribution is 7.86. The van der Waals surface area contributed by atoms with Gasteiger partial charge in [-0.1, -0.05) is 41.5 Å². The molecular formula is C25H27NO11S3. The first-order valence-corrected chi connectivity index (χ1v) is 15.2. The molecule has 0 bridgehead atoms. The summed E-state index contributed by atoms with van der Waals surface area (Å²) in [5, 5.41) is 17.7. The fourth-order valence-electron chi connectivity index (χ4n) is 2.44. The van der Waals surface area contributed by atoms with Crippen LogP contribution < -0.4 is 0 Å². The van der Waals surface area contributed by atoms with E-state index in [0.29, 0.717) is 0 Å². The summed E-state index contributed by atoms with van der Waals surface area (Å²) in [5.41, 5.74) is 1.91. The maximum absolute atomic E-state index is 10.5. The molecule has 0 amide bonds. The normalized spacial score (nSPS) is 10.9. The lowest BCUT2D eigenvalue weighted by molar-refractivity contribution is 0.433. The fourth-order valence-corrected chi connectivity index (χ4v) is 4.00. The molecule has 216 valence electrons. The van der Waals surface area contributed by atoms with Crippen molar-refractivity contribution in [3.05, 3.63) is 108 Å². The fraction of sp³-hybridized carbons (Fsp3) is 0.0800. The van der Waals surface area contributed by atoms with E-state index in [2.05, 4.69) is 4.98 Å². The van der Waals surface area contributed by atoms with Gasteiger partial charge >= 0.3 is 0 Å². The van der Waals surface area contributed by atoms with E-state index in [-0.39, 0.29) is 15.5 Å². The number of nitrogens with zero attached hydrogens (tertiary/aromatic N) is 1. The number of hydrogen-bond donors (Lipinski definition) is 5. The van der Waals surface area contributed by atoms with Crippen molar-refractivity contribution in [1.29, 1.82) is 0 Å². The number of aryl methyl sites for hydroxylation is 2. The van der Waals surface area contributed by atoms with Gasteiger partial charge in [0.05, 0.1) is 9.79 Å². The maximum atomic E-state index is 10.5. The zero-order valence-corrected chi connectivity index (χ0v) is 23.5. The zero-order valence-electron chi connectivity index (χ0n) is 21.1. The third-order valence-corrected chi connectivity index (χ3v) is 7.04. The molecule has 15 heteroatoms. The third-order valence-electron chi connectivity index (χ3n) is 4.43. The second kappa shape index (κ2) is 15.1. The molecule has 3 aromatic carbocycles. The van der Waals surface area contributed by atoms with Gasteiger partial charge in [-0.15, -0.1) is 0 Å². The van der Waals surface area contributed by atoms with Gasteiger partial charge in [0.25, 0.3) is 30.4 Å². The Labute approximate surface area is 232 Å². The average molecular weight is 614 g/mol. The van der Waals surface area contributed by atoms with Gasteiger partial charge in [0.1, 0.15) is 16.4 Å². The van der Waals surface area contributed by atoms with Crippen molar-refractivity contribution >= 4 is 30.4 Å². The highest BCUT2D eigenvalue weighted by Gasteiger charge is 2.15. The van der Waals surface area contributed by atoms with E-state index in [1.807, 2.05) is 32.0 Å². The lowest BCUT2D eigenvalue weighted by Crippen LogP contribution is -1.97. The van der Waals surface area contributed by atoms with Crippen LogP contribution in [-0.4, -0.2) is 54.1 Å². The van der Waals surface area contributed by atoms with Crippen molar-refractivity contribution in [1.82, 2.24) is 4.98 Å². The SMILES string of the molecule is Cc1ccc(S(=O)(=O)O)cc1.Cc1ccc(S(=O)(=O)O)cc1.O=S(=O)(O)c1cc(O)ccc1O.c1ccncc1. The van der Waals surface area contributed by atoms with Crippen LogP contribution in [0.25, 0.3) is 0 Å². The molecule has 1 heterocycles. The largest absolute Gasteiger partial charge is 0.508 e. The van der Waals surface area contributed by atoms with Gasteiger partial charge in [0.15, 0.2) is 0 Å². The zero-order chi connectivity index (χ0) is 30.6. The van der Waals surface area contributed by atoms with E-state index < -0.39 is 41.0 Å². The minimum atomic E-state index is -4.47. The lowest BCUT2D eigenvalue weighted by Gasteiger charge is -2.00. The summed E-state index contributed by atoms with van der Waals surface area (Å²) in [7, 11) is -12.5. The van der Waals surface area contributed by atoms with Crippen molar-refractivity contribution in [2.24, 2.45) is 0 Å². The smallest absolute Gasteiger partial charge is 0.298 e. The average Bonchev–Trinajstić information content (AvgIpc) is 2.86. The summed E-state index contributed by atoms with van der Waals surface area (Å²) in [6, 6.07) is 20.5. The van der Waals surface area contributed by atoms with Crippen molar-refractivity contribution in [2.75, 3.05) is 0 Å². The molecule has 0 fully saturated rings. The molecule has 40 heavy (non-hydrogen) atoms. The standard InChI is InChI=1S/2C7H8O3S.C6H6O5S.C5H5N/c2*1-6-2-4-7(5-3-6)11(8,9)10;7-4-1-2-5(8)6(3-4)12(9,10)11;1-2-4-6-5-3-1/h2*2-5H,1H3,(H,8,9,10);1-3,7-8H,(H,9,10,11);1-5H. The molecule has 0 unspecified atom stereocenters. The summed E-state index contributed by atoms with van der Waals surface area (Å²) in [4.78, 5) is 2.95. The second-order valence-corrected chi connectivity index (χ2v) is 12.0. The first-order chi connectivity index (χ1) is 18.4. The van der Waals surface area contributed by atoms with Crippen LogP contribution in [0.15, 0.2) is 112 Å². The summed E-state index contributed by atoms with van der Waals surface area (Å²) in [6.45, 7) is 3.68. The Morgan fingerprint density at radius 3 is 1.20 bits per heavy atom. The highest BCUT2D eigenvalue weighted by atomic mass is 32.2. The number of rotatable bonds is 3. The second-order valence-electron chi connectivity index (χ2n) is 7.73. The van der Waals surface area contributed by atoms with E-state index in [4.69, 9.17) is 23.9 Å². The Bertz CT molecular complexity index is 1570. The topological polar surface area (TPSA) is 216 Å².